The van der Waals surface area contributed by atoms with Gasteiger partial charge in [-0.2, -0.15) is 5.10 Å². The first-order valence-corrected chi connectivity index (χ1v) is 10.4. The number of benzene rings is 2. The van der Waals surface area contributed by atoms with Crippen molar-refractivity contribution in [3.63, 3.8) is 0 Å². The highest BCUT2D eigenvalue weighted by Gasteiger charge is 2.20. The van der Waals surface area contributed by atoms with Gasteiger partial charge in [0.25, 0.3) is 5.56 Å². The summed E-state index contributed by atoms with van der Waals surface area (Å²) < 4.78 is 1.50. The number of nitrogens with one attached hydrogen (secondary N) is 1. The number of halogens is 3. The Morgan fingerprint density at radius 2 is 1.70 bits per heavy atom. The second kappa shape index (κ2) is 8.40. The molecule has 0 bridgehead atoms. The molecule has 0 saturated carbocycles. The van der Waals surface area contributed by atoms with E-state index in [1.165, 1.54) is 4.68 Å². The fourth-order valence-electron chi connectivity index (χ4n) is 3.32. The molecule has 30 heavy (non-hydrogen) atoms. The molecule has 0 fully saturated rings. The summed E-state index contributed by atoms with van der Waals surface area (Å²) >= 11 is 18.8. The first-order valence-electron chi connectivity index (χ1n) is 9.25. The third kappa shape index (κ3) is 3.84. The molecule has 0 aliphatic carbocycles. The topological polar surface area (TPSA) is 83.8 Å². The highest BCUT2D eigenvalue weighted by Crippen LogP contribution is 2.33. The van der Waals surface area contributed by atoms with Gasteiger partial charge >= 0.3 is 0 Å². The number of fused-ring (bicyclic) bond motifs is 1. The largest absolute Gasteiger partial charge is 0.392 e. The number of hydrogen-bond donors (Lipinski definition) is 2. The average molecular weight is 464 g/mol. The van der Waals surface area contributed by atoms with Gasteiger partial charge in [0, 0.05) is 11.4 Å². The van der Waals surface area contributed by atoms with Crippen LogP contribution in [0.2, 0.25) is 15.1 Å². The molecular formula is C21H17Cl3N4O2. The van der Waals surface area contributed by atoms with Crippen LogP contribution in [0.5, 0.6) is 0 Å². The van der Waals surface area contributed by atoms with E-state index in [9.17, 15) is 9.90 Å². The fourth-order valence-corrected chi connectivity index (χ4v) is 4.30. The minimum Gasteiger partial charge on any atom is -0.392 e. The van der Waals surface area contributed by atoms with Crippen LogP contribution in [-0.2, 0) is 19.4 Å². The molecule has 4 aromatic rings. The monoisotopic (exact) mass is 462 g/mol. The molecule has 2 N–H and O–H groups in total. The van der Waals surface area contributed by atoms with E-state index >= 15 is 0 Å². The van der Waals surface area contributed by atoms with Gasteiger partial charge in [-0.15, -0.1) is 0 Å². The minimum atomic E-state index is -0.272. The maximum atomic E-state index is 12.9. The molecule has 0 spiro atoms. The summed E-state index contributed by atoms with van der Waals surface area (Å²) in [6.07, 6.45) is 0.949. The lowest BCUT2D eigenvalue weighted by atomic mass is 10.1. The number of aliphatic hydroxyl groups is 1. The van der Waals surface area contributed by atoms with Gasteiger partial charge in [0.15, 0.2) is 5.65 Å². The quantitative estimate of drug-likeness (QED) is 0.449. The molecule has 0 atom stereocenters. The van der Waals surface area contributed by atoms with Gasteiger partial charge in [-0.3, -0.25) is 4.79 Å². The van der Waals surface area contributed by atoms with Crippen molar-refractivity contribution in [2.45, 2.75) is 26.4 Å². The van der Waals surface area contributed by atoms with Crippen LogP contribution in [0.1, 0.15) is 29.6 Å². The molecule has 0 aliphatic rings. The van der Waals surface area contributed by atoms with E-state index in [0.29, 0.717) is 56.1 Å². The number of aromatic amines is 1. The Morgan fingerprint density at radius 1 is 1.07 bits per heavy atom. The lowest BCUT2D eigenvalue weighted by molar-refractivity contribution is 0.282. The van der Waals surface area contributed by atoms with Gasteiger partial charge in [0.2, 0.25) is 0 Å². The molecule has 0 aliphatic heterocycles. The first kappa shape index (κ1) is 20.9. The Morgan fingerprint density at radius 3 is 2.30 bits per heavy atom. The Bertz CT molecular complexity index is 1270. The van der Waals surface area contributed by atoms with Crippen molar-refractivity contribution in [3.05, 3.63) is 84.5 Å². The Kier molecular flexibility index (Phi) is 5.84. The molecule has 4 rings (SSSR count). The molecule has 2 aromatic carbocycles. The van der Waals surface area contributed by atoms with Crippen LogP contribution in [0.15, 0.2) is 41.2 Å². The van der Waals surface area contributed by atoms with E-state index in [2.05, 4.69) is 15.1 Å². The highest BCUT2D eigenvalue weighted by molar-refractivity contribution is 6.40. The fraction of sp³-hybridized carbons (Fsp3) is 0.190. The van der Waals surface area contributed by atoms with Crippen molar-refractivity contribution >= 4 is 45.8 Å². The first-order chi connectivity index (χ1) is 14.4. The summed E-state index contributed by atoms with van der Waals surface area (Å²) in [5, 5.41) is 15.2. The Labute approximate surface area is 187 Å². The van der Waals surface area contributed by atoms with Crippen LogP contribution in [-0.4, -0.2) is 24.9 Å². The van der Waals surface area contributed by atoms with E-state index in [1.807, 2.05) is 31.2 Å². The molecule has 2 heterocycles. The van der Waals surface area contributed by atoms with E-state index in [1.54, 1.807) is 12.1 Å². The number of H-pyrrole nitrogens is 1. The van der Waals surface area contributed by atoms with Gasteiger partial charge in [0.05, 0.1) is 22.3 Å². The van der Waals surface area contributed by atoms with E-state index in [0.717, 1.165) is 11.1 Å². The zero-order valence-electron chi connectivity index (χ0n) is 15.9. The molecule has 2 aromatic heterocycles. The minimum absolute atomic E-state index is 0.0249. The summed E-state index contributed by atoms with van der Waals surface area (Å²) in [6.45, 7) is 1.89. The third-order valence-electron chi connectivity index (χ3n) is 4.76. The summed E-state index contributed by atoms with van der Waals surface area (Å²) in [4.78, 5) is 20.4. The van der Waals surface area contributed by atoms with Crippen molar-refractivity contribution in [2.24, 2.45) is 0 Å². The summed E-state index contributed by atoms with van der Waals surface area (Å²) in [6, 6.07) is 10.6. The zero-order valence-corrected chi connectivity index (χ0v) is 18.2. The maximum Gasteiger partial charge on any atom is 0.262 e. The molecule has 0 saturated heterocycles. The van der Waals surface area contributed by atoms with Crippen LogP contribution >= 0.6 is 34.8 Å². The number of aryl methyl sites for hydroxylation is 1. The van der Waals surface area contributed by atoms with Crippen molar-refractivity contribution < 1.29 is 5.11 Å². The number of hydrogen-bond acceptors (Lipinski definition) is 4. The lowest BCUT2D eigenvalue weighted by Crippen LogP contribution is -2.13. The average Bonchev–Trinajstić information content (AvgIpc) is 3.07. The summed E-state index contributed by atoms with van der Waals surface area (Å²) in [5.74, 6) is 0.481. The standard InChI is InChI=1S/C21H17Cl3N4O2/c1-2-16-18-20(28(27-16)19-14(23)8-13(22)9-15(19)24)25-17(26-21(18)30)7-11-3-5-12(10-29)6-4-11/h3-6,8-9,29H,2,7,10H2,1H3,(H,25,26,30). The lowest BCUT2D eigenvalue weighted by Gasteiger charge is -2.09. The second-order valence-corrected chi connectivity index (χ2v) is 8.04. The van der Waals surface area contributed by atoms with Crippen molar-refractivity contribution in [1.82, 2.24) is 19.7 Å². The summed E-state index contributed by atoms with van der Waals surface area (Å²) in [5.41, 5.74) is 2.88. The van der Waals surface area contributed by atoms with Crippen molar-refractivity contribution in [1.29, 1.82) is 0 Å². The summed E-state index contributed by atoms with van der Waals surface area (Å²) in [7, 11) is 0. The zero-order chi connectivity index (χ0) is 21.4. The van der Waals surface area contributed by atoms with Crippen LogP contribution in [0.25, 0.3) is 16.7 Å². The molecule has 0 radical (unpaired) electrons. The molecular weight excluding hydrogens is 447 g/mol. The predicted octanol–water partition coefficient (Wildman–Crippen LogP) is 4.71. The van der Waals surface area contributed by atoms with Crippen LogP contribution in [0.3, 0.4) is 0 Å². The number of rotatable bonds is 5. The number of aromatic nitrogens is 4. The highest BCUT2D eigenvalue weighted by atomic mass is 35.5. The van der Waals surface area contributed by atoms with Crippen molar-refractivity contribution in [2.75, 3.05) is 0 Å². The van der Waals surface area contributed by atoms with E-state index in [-0.39, 0.29) is 12.2 Å². The molecule has 0 amide bonds. The van der Waals surface area contributed by atoms with Gasteiger partial charge in [-0.25, -0.2) is 9.67 Å². The SMILES string of the molecule is CCc1nn(-c2c(Cl)cc(Cl)cc2Cl)c2nc(Cc3ccc(CO)cc3)[nH]c(=O)c12. The van der Waals surface area contributed by atoms with Gasteiger partial charge < -0.3 is 10.1 Å². The van der Waals surface area contributed by atoms with Gasteiger partial charge in [-0.05, 0) is 29.7 Å². The van der Waals surface area contributed by atoms with E-state index < -0.39 is 0 Å². The smallest absolute Gasteiger partial charge is 0.262 e. The normalized spacial score (nSPS) is 11.4. The maximum absolute atomic E-state index is 12.9. The van der Waals surface area contributed by atoms with Gasteiger partial charge in [0.1, 0.15) is 16.9 Å². The van der Waals surface area contributed by atoms with E-state index in [4.69, 9.17) is 34.8 Å². The number of nitrogens with zero attached hydrogens (tertiary/aromatic N) is 3. The predicted molar refractivity (Wildman–Crippen MR) is 119 cm³/mol. The van der Waals surface area contributed by atoms with Crippen molar-refractivity contribution in [3.8, 4) is 5.69 Å². The van der Waals surface area contributed by atoms with Crippen LogP contribution in [0.4, 0.5) is 0 Å². The molecule has 6 nitrogen and oxygen atoms in total. The van der Waals surface area contributed by atoms with Gasteiger partial charge in [-0.1, -0.05) is 66.0 Å². The molecule has 9 heteroatoms. The second-order valence-electron chi connectivity index (χ2n) is 6.79. The Hall–Kier alpha value is -2.38. The molecule has 0 unspecified atom stereocenters. The number of aliphatic hydroxyl groups excluding tert-OH is 1. The van der Waals surface area contributed by atoms with Crippen LogP contribution < -0.4 is 5.56 Å². The third-order valence-corrected chi connectivity index (χ3v) is 5.56. The van der Waals surface area contributed by atoms with Crippen LogP contribution in [0, 0.1) is 0 Å². The molecule has 154 valence electrons. The Balaban J connectivity index is 1.89.